The summed E-state index contributed by atoms with van der Waals surface area (Å²) in [6.45, 7) is 2.52. The molecule has 0 bridgehead atoms. The van der Waals surface area contributed by atoms with Crippen LogP contribution in [0.25, 0.3) is 0 Å². The third kappa shape index (κ3) is 3.54. The minimum absolute atomic E-state index is 0.643. The van der Waals surface area contributed by atoms with Crippen LogP contribution < -0.4 is 5.32 Å². The van der Waals surface area contributed by atoms with Crippen LogP contribution in [0.15, 0.2) is 30.5 Å². The summed E-state index contributed by atoms with van der Waals surface area (Å²) in [5, 5.41) is 3.98. The van der Waals surface area contributed by atoms with Crippen molar-refractivity contribution >= 4 is 39.9 Å². The quantitative estimate of drug-likeness (QED) is 0.850. The van der Waals surface area contributed by atoms with E-state index in [0.717, 1.165) is 25.8 Å². The van der Waals surface area contributed by atoms with E-state index in [9.17, 15) is 0 Å². The smallest absolute Gasteiger partial charge is 0.125 e. The highest BCUT2D eigenvalue weighted by molar-refractivity contribution is 14.1. The van der Waals surface area contributed by atoms with Gasteiger partial charge in [-0.1, -0.05) is 11.6 Å². The number of benzene rings is 1. The van der Waals surface area contributed by atoms with Crippen molar-refractivity contribution in [3.8, 4) is 0 Å². The van der Waals surface area contributed by atoms with Gasteiger partial charge in [-0.3, -0.25) is 0 Å². The second kappa shape index (κ2) is 5.64. The van der Waals surface area contributed by atoms with Crippen molar-refractivity contribution in [1.29, 1.82) is 0 Å². The molecule has 0 aliphatic heterocycles. The number of hydrogen-bond donors (Lipinski definition) is 1. The standard InChI is InChI=1S/C12H11ClIN3/c1-8-15-5-4-10(17-8)7-16-12-3-2-9(14)6-11(12)13/h2-6,16H,7H2,1H3. The van der Waals surface area contributed by atoms with Crippen molar-refractivity contribution in [1.82, 2.24) is 9.97 Å². The van der Waals surface area contributed by atoms with Gasteiger partial charge in [0.1, 0.15) is 5.82 Å². The van der Waals surface area contributed by atoms with Gasteiger partial charge in [0.15, 0.2) is 0 Å². The van der Waals surface area contributed by atoms with E-state index in [4.69, 9.17) is 11.6 Å². The average molecular weight is 360 g/mol. The lowest BCUT2D eigenvalue weighted by atomic mass is 10.3. The van der Waals surface area contributed by atoms with Crippen LogP contribution in [0.1, 0.15) is 11.5 Å². The average Bonchev–Trinajstić information content (AvgIpc) is 2.28. The summed E-state index contributed by atoms with van der Waals surface area (Å²) in [6, 6.07) is 7.80. The number of nitrogens with one attached hydrogen (secondary N) is 1. The fourth-order valence-electron chi connectivity index (χ4n) is 1.42. The van der Waals surface area contributed by atoms with Gasteiger partial charge < -0.3 is 5.32 Å². The fourth-order valence-corrected chi connectivity index (χ4v) is 2.34. The van der Waals surface area contributed by atoms with Crippen molar-refractivity contribution in [3.05, 3.63) is 50.6 Å². The number of nitrogens with zero attached hydrogens (tertiary/aromatic N) is 2. The first-order valence-corrected chi connectivity index (χ1v) is 6.58. The van der Waals surface area contributed by atoms with Crippen LogP contribution in [-0.4, -0.2) is 9.97 Å². The van der Waals surface area contributed by atoms with E-state index in [1.165, 1.54) is 0 Å². The van der Waals surface area contributed by atoms with Gasteiger partial charge in [0.05, 0.1) is 22.9 Å². The van der Waals surface area contributed by atoms with Crippen molar-refractivity contribution in [2.45, 2.75) is 13.5 Å². The van der Waals surface area contributed by atoms with E-state index in [-0.39, 0.29) is 0 Å². The number of halogens is 2. The maximum absolute atomic E-state index is 6.13. The maximum Gasteiger partial charge on any atom is 0.125 e. The molecule has 0 saturated heterocycles. The zero-order valence-electron chi connectivity index (χ0n) is 9.24. The summed E-state index contributed by atoms with van der Waals surface area (Å²) in [5.41, 5.74) is 1.87. The van der Waals surface area contributed by atoms with Crippen LogP contribution in [0.5, 0.6) is 0 Å². The minimum Gasteiger partial charge on any atom is -0.378 e. The highest BCUT2D eigenvalue weighted by Gasteiger charge is 2.01. The SMILES string of the molecule is Cc1nccc(CNc2ccc(I)cc2Cl)n1. The molecule has 0 spiro atoms. The van der Waals surface area contributed by atoms with Crippen LogP contribution in [0, 0.1) is 10.5 Å². The van der Waals surface area contributed by atoms with E-state index in [1.807, 2.05) is 31.2 Å². The summed E-state index contributed by atoms with van der Waals surface area (Å²) in [4.78, 5) is 8.38. The van der Waals surface area contributed by atoms with E-state index in [1.54, 1.807) is 6.20 Å². The molecular weight excluding hydrogens is 349 g/mol. The molecule has 0 saturated carbocycles. The first-order chi connectivity index (χ1) is 8.15. The van der Waals surface area contributed by atoms with Gasteiger partial charge in [-0.25, -0.2) is 9.97 Å². The Kier molecular flexibility index (Phi) is 4.17. The van der Waals surface area contributed by atoms with Gasteiger partial charge in [-0.15, -0.1) is 0 Å². The van der Waals surface area contributed by atoms with Crippen molar-refractivity contribution in [3.63, 3.8) is 0 Å². The minimum atomic E-state index is 0.643. The number of aromatic nitrogens is 2. The third-order valence-electron chi connectivity index (χ3n) is 2.22. The van der Waals surface area contributed by atoms with Gasteiger partial charge in [-0.05, 0) is 53.8 Å². The molecule has 2 rings (SSSR count). The normalized spacial score (nSPS) is 10.3. The van der Waals surface area contributed by atoms with Crippen molar-refractivity contribution < 1.29 is 0 Å². The number of anilines is 1. The first-order valence-electron chi connectivity index (χ1n) is 5.12. The largest absolute Gasteiger partial charge is 0.378 e. The highest BCUT2D eigenvalue weighted by Crippen LogP contribution is 2.24. The first kappa shape index (κ1) is 12.6. The van der Waals surface area contributed by atoms with E-state index < -0.39 is 0 Å². The Balaban J connectivity index is 2.07. The highest BCUT2D eigenvalue weighted by atomic mass is 127. The van der Waals surface area contributed by atoms with Crippen molar-refractivity contribution in [2.24, 2.45) is 0 Å². The summed E-state index contributed by atoms with van der Waals surface area (Å²) in [5.74, 6) is 0.776. The monoisotopic (exact) mass is 359 g/mol. The summed E-state index contributed by atoms with van der Waals surface area (Å²) < 4.78 is 1.12. The van der Waals surface area contributed by atoms with Gasteiger partial charge in [0, 0.05) is 9.77 Å². The van der Waals surface area contributed by atoms with Crippen LogP contribution in [-0.2, 0) is 6.54 Å². The molecule has 0 unspecified atom stereocenters. The lowest BCUT2D eigenvalue weighted by molar-refractivity contribution is 0.955. The molecule has 1 aromatic carbocycles. The van der Waals surface area contributed by atoms with E-state index in [2.05, 4.69) is 37.9 Å². The Hall–Kier alpha value is -0.880. The molecule has 5 heteroatoms. The molecule has 1 N–H and O–H groups in total. The molecular formula is C12H11ClIN3. The molecule has 3 nitrogen and oxygen atoms in total. The Bertz CT molecular complexity index is 531. The Morgan fingerprint density at radius 2 is 2.18 bits per heavy atom. The molecule has 0 radical (unpaired) electrons. The summed E-state index contributed by atoms with van der Waals surface area (Å²) >= 11 is 8.36. The molecule has 1 heterocycles. The molecule has 88 valence electrons. The predicted molar refractivity (Wildman–Crippen MR) is 78.3 cm³/mol. The van der Waals surface area contributed by atoms with Crippen LogP contribution in [0.3, 0.4) is 0 Å². The summed E-state index contributed by atoms with van der Waals surface area (Å²) in [7, 11) is 0. The predicted octanol–water partition coefficient (Wildman–Crippen LogP) is 3.66. The second-order valence-corrected chi connectivity index (χ2v) is 5.23. The van der Waals surface area contributed by atoms with Crippen LogP contribution in [0.2, 0.25) is 5.02 Å². The topological polar surface area (TPSA) is 37.8 Å². The lowest BCUT2D eigenvalue weighted by Gasteiger charge is -2.08. The molecule has 0 atom stereocenters. The lowest BCUT2D eigenvalue weighted by Crippen LogP contribution is -2.03. The zero-order valence-corrected chi connectivity index (χ0v) is 12.2. The van der Waals surface area contributed by atoms with E-state index >= 15 is 0 Å². The van der Waals surface area contributed by atoms with Gasteiger partial charge >= 0.3 is 0 Å². The second-order valence-electron chi connectivity index (χ2n) is 3.57. The fraction of sp³-hybridized carbons (Fsp3) is 0.167. The molecule has 1 aromatic heterocycles. The maximum atomic E-state index is 6.13. The van der Waals surface area contributed by atoms with Crippen molar-refractivity contribution in [2.75, 3.05) is 5.32 Å². The van der Waals surface area contributed by atoms with Crippen LogP contribution in [0.4, 0.5) is 5.69 Å². The summed E-state index contributed by atoms with van der Waals surface area (Å²) in [6.07, 6.45) is 1.76. The van der Waals surface area contributed by atoms with Gasteiger partial charge in [-0.2, -0.15) is 0 Å². The molecule has 2 aromatic rings. The number of rotatable bonds is 3. The Morgan fingerprint density at radius 3 is 2.88 bits per heavy atom. The number of hydrogen-bond acceptors (Lipinski definition) is 3. The molecule has 0 aliphatic rings. The molecule has 0 amide bonds. The molecule has 17 heavy (non-hydrogen) atoms. The Labute approximate surface area is 119 Å². The number of aryl methyl sites for hydroxylation is 1. The zero-order chi connectivity index (χ0) is 12.3. The molecule has 0 fully saturated rings. The van der Waals surface area contributed by atoms with E-state index in [0.29, 0.717) is 6.54 Å². The van der Waals surface area contributed by atoms with Gasteiger partial charge in [0.2, 0.25) is 0 Å². The van der Waals surface area contributed by atoms with Crippen LogP contribution >= 0.6 is 34.2 Å². The van der Waals surface area contributed by atoms with Gasteiger partial charge in [0.25, 0.3) is 0 Å². The molecule has 0 aliphatic carbocycles. The Morgan fingerprint density at radius 1 is 1.35 bits per heavy atom. The third-order valence-corrected chi connectivity index (χ3v) is 3.21.